The van der Waals surface area contributed by atoms with Crippen molar-refractivity contribution in [2.45, 2.75) is 12.5 Å². The molecule has 2 aromatic carbocycles. The van der Waals surface area contributed by atoms with Crippen LogP contribution < -0.4 is 0 Å². The van der Waals surface area contributed by atoms with Crippen LogP contribution in [0.2, 0.25) is 0 Å². The van der Waals surface area contributed by atoms with E-state index in [4.69, 9.17) is 0 Å². The van der Waals surface area contributed by atoms with Crippen LogP contribution in [0.15, 0.2) is 60.7 Å². The lowest BCUT2D eigenvalue weighted by Gasteiger charge is -2.28. The number of amides is 1. The molecule has 3 aromatic rings. The number of aliphatic hydroxyl groups is 1. The number of para-hydroxylation sites is 1. The molecular formula is C20H22N2O2. The van der Waals surface area contributed by atoms with E-state index >= 15 is 0 Å². The standard InChI is InChI=1S/C20H22N2O2/c1-21-17-11-7-6-10-16(17)14-19(21)20(24)22(2)18(12-13-23)15-8-4-3-5-9-15/h3-11,14,18,23H,12-13H2,1-2H3. The Bertz CT molecular complexity index is 839. The van der Waals surface area contributed by atoms with Crippen molar-refractivity contribution in [1.82, 2.24) is 9.47 Å². The molecule has 0 fully saturated rings. The number of carbonyl (C=O) groups excluding carboxylic acids is 1. The van der Waals surface area contributed by atoms with E-state index in [1.54, 1.807) is 11.9 Å². The molecule has 0 radical (unpaired) electrons. The molecule has 1 aromatic heterocycles. The third-order valence-corrected chi connectivity index (χ3v) is 4.55. The summed E-state index contributed by atoms with van der Waals surface area (Å²) in [7, 11) is 3.71. The van der Waals surface area contributed by atoms with Gasteiger partial charge in [-0.15, -0.1) is 0 Å². The van der Waals surface area contributed by atoms with E-state index in [1.807, 2.05) is 72.3 Å². The van der Waals surface area contributed by atoms with Gasteiger partial charge in [-0.2, -0.15) is 0 Å². The molecule has 1 atom stereocenters. The summed E-state index contributed by atoms with van der Waals surface area (Å²) in [5.41, 5.74) is 2.71. The highest BCUT2D eigenvalue weighted by atomic mass is 16.3. The molecule has 124 valence electrons. The van der Waals surface area contributed by atoms with E-state index in [2.05, 4.69) is 0 Å². The first kappa shape index (κ1) is 16.3. The van der Waals surface area contributed by atoms with Crippen LogP contribution in [0.1, 0.15) is 28.5 Å². The van der Waals surface area contributed by atoms with Crippen molar-refractivity contribution in [2.24, 2.45) is 7.05 Å². The van der Waals surface area contributed by atoms with Crippen molar-refractivity contribution in [1.29, 1.82) is 0 Å². The molecule has 0 aliphatic rings. The second-order valence-electron chi connectivity index (χ2n) is 6.00. The Balaban J connectivity index is 1.95. The smallest absolute Gasteiger partial charge is 0.270 e. The van der Waals surface area contributed by atoms with Gasteiger partial charge in [0.25, 0.3) is 5.91 Å². The Hall–Kier alpha value is -2.59. The summed E-state index contributed by atoms with van der Waals surface area (Å²) < 4.78 is 1.93. The van der Waals surface area contributed by atoms with Crippen molar-refractivity contribution in [3.8, 4) is 0 Å². The molecule has 0 aliphatic heterocycles. The molecule has 1 amide bonds. The molecule has 0 aliphatic carbocycles. The van der Waals surface area contributed by atoms with Gasteiger partial charge in [-0.05, 0) is 24.1 Å². The molecule has 0 saturated carbocycles. The third kappa shape index (κ3) is 2.93. The quantitative estimate of drug-likeness (QED) is 0.783. The van der Waals surface area contributed by atoms with Crippen molar-refractivity contribution in [3.63, 3.8) is 0 Å². The second kappa shape index (κ2) is 6.89. The predicted molar refractivity (Wildman–Crippen MR) is 95.9 cm³/mol. The number of aryl methyl sites for hydroxylation is 1. The summed E-state index contributed by atoms with van der Waals surface area (Å²) in [4.78, 5) is 14.8. The number of aliphatic hydroxyl groups excluding tert-OH is 1. The first-order valence-electron chi connectivity index (χ1n) is 8.11. The van der Waals surface area contributed by atoms with Gasteiger partial charge in [0.15, 0.2) is 0 Å². The predicted octanol–water partition coefficient (Wildman–Crippen LogP) is 3.37. The number of carbonyl (C=O) groups is 1. The Morgan fingerprint density at radius 3 is 2.46 bits per heavy atom. The lowest BCUT2D eigenvalue weighted by Crippen LogP contribution is -2.33. The van der Waals surface area contributed by atoms with Gasteiger partial charge >= 0.3 is 0 Å². The number of nitrogens with zero attached hydrogens (tertiary/aromatic N) is 2. The fraction of sp³-hybridized carbons (Fsp3) is 0.250. The van der Waals surface area contributed by atoms with Crippen molar-refractivity contribution >= 4 is 16.8 Å². The summed E-state index contributed by atoms with van der Waals surface area (Å²) in [5.74, 6) is -0.0454. The van der Waals surface area contributed by atoms with E-state index in [-0.39, 0.29) is 18.6 Å². The molecule has 0 saturated heterocycles. The Morgan fingerprint density at radius 1 is 1.12 bits per heavy atom. The van der Waals surface area contributed by atoms with Gasteiger partial charge in [-0.25, -0.2) is 0 Å². The molecule has 0 spiro atoms. The van der Waals surface area contributed by atoms with E-state index in [9.17, 15) is 9.90 Å². The largest absolute Gasteiger partial charge is 0.396 e. The number of hydrogen-bond acceptors (Lipinski definition) is 2. The summed E-state index contributed by atoms with van der Waals surface area (Å²) in [6.07, 6.45) is 0.510. The van der Waals surface area contributed by atoms with E-state index in [0.29, 0.717) is 12.1 Å². The van der Waals surface area contributed by atoms with Crippen LogP contribution in [0, 0.1) is 0 Å². The average molecular weight is 322 g/mol. The minimum absolute atomic E-state index is 0.0340. The zero-order chi connectivity index (χ0) is 17.1. The summed E-state index contributed by atoms with van der Waals surface area (Å²) in [6, 6.07) is 19.6. The van der Waals surface area contributed by atoms with Crippen LogP contribution in [-0.2, 0) is 7.05 Å². The van der Waals surface area contributed by atoms with Gasteiger partial charge < -0.3 is 14.6 Å². The number of rotatable bonds is 5. The van der Waals surface area contributed by atoms with Crippen LogP contribution in [0.5, 0.6) is 0 Å². The maximum Gasteiger partial charge on any atom is 0.270 e. The molecule has 0 bridgehead atoms. The van der Waals surface area contributed by atoms with Crippen LogP contribution >= 0.6 is 0 Å². The summed E-state index contributed by atoms with van der Waals surface area (Å²) in [6.45, 7) is 0.0340. The van der Waals surface area contributed by atoms with Gasteiger partial charge in [-0.3, -0.25) is 4.79 Å². The zero-order valence-corrected chi connectivity index (χ0v) is 14.0. The van der Waals surface area contributed by atoms with Crippen LogP contribution in [0.3, 0.4) is 0 Å². The minimum atomic E-state index is -0.151. The highest BCUT2D eigenvalue weighted by Crippen LogP contribution is 2.26. The van der Waals surface area contributed by atoms with Gasteiger partial charge in [-0.1, -0.05) is 48.5 Å². The zero-order valence-electron chi connectivity index (χ0n) is 14.0. The van der Waals surface area contributed by atoms with E-state index in [1.165, 1.54) is 0 Å². The number of hydrogen-bond donors (Lipinski definition) is 1. The van der Waals surface area contributed by atoms with Crippen LogP contribution in [-0.4, -0.2) is 34.1 Å². The topological polar surface area (TPSA) is 45.5 Å². The monoisotopic (exact) mass is 322 g/mol. The third-order valence-electron chi connectivity index (χ3n) is 4.55. The number of aromatic nitrogens is 1. The normalized spacial score (nSPS) is 12.3. The van der Waals surface area contributed by atoms with Crippen molar-refractivity contribution in [3.05, 3.63) is 71.9 Å². The maximum absolute atomic E-state index is 13.0. The van der Waals surface area contributed by atoms with E-state index in [0.717, 1.165) is 16.5 Å². The molecular weight excluding hydrogens is 300 g/mol. The molecule has 24 heavy (non-hydrogen) atoms. The lowest BCUT2D eigenvalue weighted by molar-refractivity contribution is 0.0696. The molecule has 4 heteroatoms. The van der Waals surface area contributed by atoms with Gasteiger partial charge in [0, 0.05) is 31.6 Å². The highest BCUT2D eigenvalue weighted by Gasteiger charge is 2.24. The fourth-order valence-electron chi connectivity index (χ4n) is 3.20. The summed E-state index contributed by atoms with van der Waals surface area (Å²) in [5, 5.41) is 10.5. The average Bonchev–Trinajstić information content (AvgIpc) is 2.96. The maximum atomic E-state index is 13.0. The fourth-order valence-corrected chi connectivity index (χ4v) is 3.20. The Kier molecular flexibility index (Phi) is 4.67. The van der Waals surface area contributed by atoms with Crippen LogP contribution in [0.4, 0.5) is 0 Å². The lowest BCUT2D eigenvalue weighted by atomic mass is 10.0. The van der Waals surface area contributed by atoms with E-state index < -0.39 is 0 Å². The minimum Gasteiger partial charge on any atom is -0.396 e. The second-order valence-corrected chi connectivity index (χ2v) is 6.00. The highest BCUT2D eigenvalue weighted by molar-refractivity contribution is 5.98. The van der Waals surface area contributed by atoms with Gasteiger partial charge in [0.2, 0.25) is 0 Å². The molecule has 1 heterocycles. The first-order valence-corrected chi connectivity index (χ1v) is 8.11. The molecule has 1 unspecified atom stereocenters. The Labute approximate surface area is 141 Å². The van der Waals surface area contributed by atoms with Crippen LogP contribution in [0.25, 0.3) is 10.9 Å². The van der Waals surface area contributed by atoms with Gasteiger partial charge in [0.1, 0.15) is 5.69 Å². The Morgan fingerprint density at radius 2 is 1.79 bits per heavy atom. The number of benzene rings is 2. The number of fused-ring (bicyclic) bond motifs is 1. The molecule has 4 nitrogen and oxygen atoms in total. The van der Waals surface area contributed by atoms with Crippen molar-refractivity contribution in [2.75, 3.05) is 13.7 Å². The molecule has 1 N–H and O–H groups in total. The molecule has 3 rings (SSSR count). The SMILES string of the molecule is CN(C(=O)c1cc2ccccc2n1C)C(CCO)c1ccccc1. The van der Waals surface area contributed by atoms with Crippen molar-refractivity contribution < 1.29 is 9.90 Å². The first-order chi connectivity index (χ1) is 11.6. The summed E-state index contributed by atoms with van der Waals surface area (Å²) >= 11 is 0. The van der Waals surface area contributed by atoms with Gasteiger partial charge in [0.05, 0.1) is 6.04 Å².